The lowest BCUT2D eigenvalue weighted by Crippen LogP contribution is -2.30. The van der Waals surface area contributed by atoms with Crippen LogP contribution in [0.15, 0.2) is 4.42 Å². The Hall–Kier alpha value is -0.940. The van der Waals surface area contributed by atoms with Gasteiger partial charge in [-0.15, -0.1) is 10.2 Å². The van der Waals surface area contributed by atoms with Crippen LogP contribution in [0.25, 0.3) is 0 Å². The Kier molecular flexibility index (Phi) is 3.79. The van der Waals surface area contributed by atoms with E-state index in [2.05, 4.69) is 10.2 Å². The van der Waals surface area contributed by atoms with Crippen LogP contribution in [0.5, 0.6) is 0 Å². The number of hydrogen-bond donors (Lipinski definition) is 1. The third-order valence-electron chi connectivity index (χ3n) is 3.05. The Morgan fingerprint density at radius 2 is 2.12 bits per heavy atom. The minimum absolute atomic E-state index is 0.215. The van der Waals surface area contributed by atoms with Gasteiger partial charge in [0, 0.05) is 12.5 Å². The predicted molar refractivity (Wildman–Crippen MR) is 63.5 cm³/mol. The summed E-state index contributed by atoms with van der Waals surface area (Å²) in [5.41, 5.74) is 0. The van der Waals surface area contributed by atoms with Crippen LogP contribution >= 0.6 is 0 Å². The third kappa shape index (κ3) is 3.51. The second-order valence-corrected chi connectivity index (χ2v) is 5.29. The highest BCUT2D eigenvalue weighted by Gasteiger charge is 2.30. The van der Waals surface area contributed by atoms with E-state index in [1.54, 1.807) is 0 Å². The Bertz CT molecular complexity index is 360. The van der Waals surface area contributed by atoms with Crippen molar-refractivity contribution in [1.82, 2.24) is 15.1 Å². The van der Waals surface area contributed by atoms with Gasteiger partial charge in [0.2, 0.25) is 11.8 Å². The molecule has 1 fully saturated rings. The van der Waals surface area contributed by atoms with Gasteiger partial charge < -0.3 is 9.52 Å². The molecule has 0 spiro atoms. The van der Waals surface area contributed by atoms with Crippen LogP contribution in [0, 0.1) is 5.92 Å². The summed E-state index contributed by atoms with van der Waals surface area (Å²) in [4.78, 5) is 2.03. The molecule has 1 aromatic rings. The van der Waals surface area contributed by atoms with Crippen molar-refractivity contribution in [3.63, 3.8) is 0 Å². The number of rotatable bonds is 6. The molecule has 5 nitrogen and oxygen atoms in total. The molecule has 0 amide bonds. The molecular weight excluding hydrogens is 218 g/mol. The van der Waals surface area contributed by atoms with E-state index in [4.69, 9.17) is 4.42 Å². The number of likely N-dealkylation sites (N-methyl/N-ethyl adjacent to an activating group) is 1. The fourth-order valence-electron chi connectivity index (χ4n) is 1.81. The van der Waals surface area contributed by atoms with Crippen molar-refractivity contribution < 1.29 is 9.52 Å². The van der Waals surface area contributed by atoms with Crippen molar-refractivity contribution in [3.05, 3.63) is 11.8 Å². The van der Waals surface area contributed by atoms with Crippen molar-refractivity contribution in [3.8, 4) is 0 Å². The predicted octanol–water partition coefficient (Wildman–Crippen LogP) is 1.40. The first-order chi connectivity index (χ1) is 8.06. The zero-order valence-corrected chi connectivity index (χ0v) is 10.8. The van der Waals surface area contributed by atoms with E-state index in [-0.39, 0.29) is 12.0 Å². The highest BCUT2D eigenvalue weighted by molar-refractivity contribution is 4.88. The molecule has 1 aromatic heterocycles. The van der Waals surface area contributed by atoms with Crippen molar-refractivity contribution in [2.24, 2.45) is 5.92 Å². The average Bonchev–Trinajstić information content (AvgIpc) is 2.99. The minimum atomic E-state index is -0.215. The quantitative estimate of drug-likeness (QED) is 0.813. The normalized spacial score (nSPS) is 18.0. The Morgan fingerprint density at radius 3 is 2.65 bits per heavy atom. The van der Waals surface area contributed by atoms with E-state index in [1.165, 1.54) is 0 Å². The van der Waals surface area contributed by atoms with Crippen molar-refractivity contribution in [2.45, 2.75) is 45.3 Å². The summed E-state index contributed by atoms with van der Waals surface area (Å²) < 4.78 is 5.53. The monoisotopic (exact) mass is 239 g/mol. The minimum Gasteiger partial charge on any atom is -0.424 e. The summed E-state index contributed by atoms with van der Waals surface area (Å²) in [6, 6.07) is 0. The lowest BCUT2D eigenvalue weighted by molar-refractivity contribution is 0.100. The summed E-state index contributed by atoms with van der Waals surface area (Å²) in [5.74, 6) is 2.07. The summed E-state index contributed by atoms with van der Waals surface area (Å²) in [5, 5.41) is 17.8. The molecule has 1 heterocycles. The maximum absolute atomic E-state index is 9.82. The molecule has 2 rings (SSSR count). The zero-order valence-electron chi connectivity index (χ0n) is 10.8. The molecule has 0 radical (unpaired) electrons. The largest absolute Gasteiger partial charge is 0.424 e. The number of aliphatic hydroxyl groups is 1. The van der Waals surface area contributed by atoms with Crippen LogP contribution < -0.4 is 0 Å². The molecular formula is C12H21N3O2. The van der Waals surface area contributed by atoms with Gasteiger partial charge in [0.05, 0.1) is 12.6 Å². The van der Waals surface area contributed by atoms with Crippen molar-refractivity contribution in [1.29, 1.82) is 0 Å². The first-order valence-corrected chi connectivity index (χ1v) is 6.25. The van der Waals surface area contributed by atoms with Gasteiger partial charge in [0.1, 0.15) is 0 Å². The second kappa shape index (κ2) is 5.14. The highest BCUT2D eigenvalue weighted by atomic mass is 16.4. The molecule has 0 saturated heterocycles. The topological polar surface area (TPSA) is 62.4 Å². The van der Waals surface area contributed by atoms with Crippen LogP contribution in [0.1, 0.15) is 44.4 Å². The Morgan fingerprint density at radius 1 is 1.41 bits per heavy atom. The van der Waals surface area contributed by atoms with Gasteiger partial charge >= 0.3 is 0 Å². The smallest absolute Gasteiger partial charge is 0.230 e. The van der Waals surface area contributed by atoms with E-state index in [9.17, 15) is 5.11 Å². The molecule has 0 unspecified atom stereocenters. The molecule has 1 atom stereocenters. The molecule has 0 bridgehead atoms. The summed E-state index contributed by atoms with van der Waals surface area (Å²) in [7, 11) is 1.96. The third-order valence-corrected chi connectivity index (χ3v) is 3.05. The van der Waals surface area contributed by atoms with Crippen molar-refractivity contribution in [2.75, 3.05) is 13.6 Å². The lowest BCUT2D eigenvalue weighted by atomic mass is 10.2. The zero-order chi connectivity index (χ0) is 12.4. The van der Waals surface area contributed by atoms with E-state index < -0.39 is 0 Å². The number of nitrogens with zero attached hydrogens (tertiary/aromatic N) is 3. The molecule has 96 valence electrons. The molecule has 1 N–H and O–H groups in total. The van der Waals surface area contributed by atoms with Gasteiger partial charge in [-0.3, -0.25) is 4.90 Å². The summed E-state index contributed by atoms with van der Waals surface area (Å²) >= 11 is 0. The van der Waals surface area contributed by atoms with Gasteiger partial charge in [-0.25, -0.2) is 0 Å². The number of hydrogen-bond acceptors (Lipinski definition) is 5. The van der Waals surface area contributed by atoms with E-state index >= 15 is 0 Å². The van der Waals surface area contributed by atoms with Gasteiger partial charge in [-0.2, -0.15) is 0 Å². The molecule has 1 aliphatic carbocycles. The van der Waals surface area contributed by atoms with Crippen LogP contribution in [-0.2, 0) is 6.54 Å². The van der Waals surface area contributed by atoms with E-state index in [0.717, 1.165) is 12.8 Å². The van der Waals surface area contributed by atoms with E-state index in [0.29, 0.717) is 30.8 Å². The molecule has 5 heteroatoms. The summed E-state index contributed by atoms with van der Waals surface area (Å²) in [6.45, 7) is 5.32. The standard InChI is InChI=1S/C12H21N3O2/c1-8(2)12-14-13-11(17-12)7-15(3)6-10(16)9-4-5-9/h8-10,16H,4-7H2,1-3H3/t10-/m0/s1. The molecule has 1 saturated carbocycles. The van der Waals surface area contributed by atoms with Crippen LogP contribution in [-0.4, -0.2) is 39.9 Å². The second-order valence-electron chi connectivity index (χ2n) is 5.29. The number of aliphatic hydroxyl groups excluding tert-OH is 1. The first-order valence-electron chi connectivity index (χ1n) is 6.25. The van der Waals surface area contributed by atoms with Crippen LogP contribution in [0.2, 0.25) is 0 Å². The maximum atomic E-state index is 9.82. The summed E-state index contributed by atoms with van der Waals surface area (Å²) in [6.07, 6.45) is 2.10. The van der Waals surface area contributed by atoms with Crippen LogP contribution in [0.3, 0.4) is 0 Å². The van der Waals surface area contributed by atoms with Gasteiger partial charge in [0.25, 0.3) is 0 Å². The molecule has 1 aliphatic rings. The van der Waals surface area contributed by atoms with E-state index in [1.807, 2.05) is 25.8 Å². The fourth-order valence-corrected chi connectivity index (χ4v) is 1.81. The van der Waals surface area contributed by atoms with Gasteiger partial charge in [0.15, 0.2) is 0 Å². The first kappa shape index (κ1) is 12.5. The lowest BCUT2D eigenvalue weighted by Gasteiger charge is -2.18. The molecule has 17 heavy (non-hydrogen) atoms. The Balaban J connectivity index is 1.82. The molecule has 0 aliphatic heterocycles. The van der Waals surface area contributed by atoms with Gasteiger partial charge in [-0.1, -0.05) is 13.8 Å². The van der Waals surface area contributed by atoms with Gasteiger partial charge in [-0.05, 0) is 25.8 Å². The Labute approximate surface area is 102 Å². The number of aromatic nitrogens is 2. The fraction of sp³-hybridized carbons (Fsp3) is 0.833. The molecule has 0 aromatic carbocycles. The van der Waals surface area contributed by atoms with Crippen LogP contribution in [0.4, 0.5) is 0 Å². The van der Waals surface area contributed by atoms with Crippen molar-refractivity contribution >= 4 is 0 Å². The highest BCUT2D eigenvalue weighted by Crippen LogP contribution is 2.32. The average molecular weight is 239 g/mol. The maximum Gasteiger partial charge on any atom is 0.230 e. The SMILES string of the molecule is CC(C)c1nnc(CN(C)C[C@H](O)C2CC2)o1.